The average Bonchev–Trinajstić information content (AvgIpc) is 3.23. The van der Waals surface area contributed by atoms with Crippen molar-refractivity contribution in [3.05, 3.63) is 24.3 Å². The number of nitrogens with zero attached hydrogens (tertiary/aromatic N) is 2. The molecule has 0 spiro atoms. The number of carbonyl (C=O) groups is 2. The molecule has 2 aliphatic rings. The number of piperidine rings is 1. The maximum absolute atomic E-state index is 12.7. The Morgan fingerprint density at radius 2 is 1.46 bits per heavy atom. The Morgan fingerprint density at radius 1 is 0.964 bits per heavy atom. The number of likely N-dealkylation sites (tertiary alicyclic amines) is 1. The lowest BCUT2D eigenvalue weighted by Crippen LogP contribution is -2.45. The fourth-order valence-electron chi connectivity index (χ4n) is 3.45. The van der Waals surface area contributed by atoms with E-state index in [0.717, 1.165) is 12.8 Å². The van der Waals surface area contributed by atoms with Crippen LogP contribution >= 0.6 is 0 Å². The normalized spacial score (nSPS) is 18.9. The molecule has 0 atom stereocenters. The van der Waals surface area contributed by atoms with Crippen LogP contribution in [0.5, 0.6) is 5.75 Å². The van der Waals surface area contributed by atoms with E-state index in [1.165, 1.54) is 25.9 Å². The Hall–Kier alpha value is -2.17. The van der Waals surface area contributed by atoms with Crippen molar-refractivity contribution >= 4 is 22.0 Å². The van der Waals surface area contributed by atoms with Crippen molar-refractivity contribution in [2.24, 2.45) is 0 Å². The van der Waals surface area contributed by atoms with Gasteiger partial charge in [0.2, 0.25) is 10.0 Å². The van der Waals surface area contributed by atoms with Crippen LogP contribution in [-0.2, 0) is 19.6 Å². The second-order valence-electron chi connectivity index (χ2n) is 6.66. The molecule has 2 heterocycles. The number of carboxylic acid groups (broad SMARTS) is 2. The molecule has 28 heavy (non-hydrogen) atoms. The highest BCUT2D eigenvalue weighted by Gasteiger charge is 2.32. The Kier molecular flexibility index (Phi) is 7.78. The van der Waals surface area contributed by atoms with E-state index in [4.69, 9.17) is 24.5 Å². The van der Waals surface area contributed by atoms with Gasteiger partial charge >= 0.3 is 11.9 Å². The zero-order valence-electron chi connectivity index (χ0n) is 15.8. The minimum Gasteiger partial charge on any atom is -0.497 e. The number of carboxylic acids is 2. The van der Waals surface area contributed by atoms with Crippen molar-refractivity contribution in [2.75, 3.05) is 33.3 Å². The summed E-state index contributed by atoms with van der Waals surface area (Å²) in [5.74, 6) is -2.98. The first kappa shape index (κ1) is 22.1. The van der Waals surface area contributed by atoms with E-state index >= 15 is 0 Å². The number of hydrogen-bond acceptors (Lipinski definition) is 6. The molecule has 2 fully saturated rings. The summed E-state index contributed by atoms with van der Waals surface area (Å²) in [5.41, 5.74) is 0. The molecule has 0 bridgehead atoms. The molecule has 3 rings (SSSR count). The largest absolute Gasteiger partial charge is 0.497 e. The van der Waals surface area contributed by atoms with Crippen LogP contribution in [0.3, 0.4) is 0 Å². The molecule has 156 valence electrons. The molecule has 0 aromatic heterocycles. The second kappa shape index (κ2) is 9.85. The van der Waals surface area contributed by atoms with Crippen molar-refractivity contribution in [1.82, 2.24) is 9.21 Å². The number of aliphatic carboxylic acids is 2. The molecule has 9 nitrogen and oxygen atoms in total. The highest BCUT2D eigenvalue weighted by atomic mass is 32.2. The summed E-state index contributed by atoms with van der Waals surface area (Å²) < 4.78 is 32.1. The first-order valence-corrected chi connectivity index (χ1v) is 10.5. The number of ether oxygens (including phenoxy) is 1. The van der Waals surface area contributed by atoms with Crippen molar-refractivity contribution in [3.63, 3.8) is 0 Å². The van der Waals surface area contributed by atoms with E-state index in [1.54, 1.807) is 35.7 Å². The molecule has 2 saturated heterocycles. The van der Waals surface area contributed by atoms with Gasteiger partial charge in [-0.3, -0.25) is 0 Å². The highest BCUT2D eigenvalue weighted by Crippen LogP contribution is 2.26. The number of hydrogen-bond donors (Lipinski definition) is 2. The highest BCUT2D eigenvalue weighted by molar-refractivity contribution is 7.89. The van der Waals surface area contributed by atoms with Crippen LogP contribution in [0.25, 0.3) is 0 Å². The molecule has 10 heteroatoms. The third-order valence-electron chi connectivity index (χ3n) is 4.96. The van der Waals surface area contributed by atoms with Crippen LogP contribution in [0.1, 0.15) is 25.7 Å². The molecule has 0 saturated carbocycles. The average molecular weight is 414 g/mol. The van der Waals surface area contributed by atoms with Crippen LogP contribution in [-0.4, -0.2) is 79.1 Å². The molecule has 0 radical (unpaired) electrons. The number of methoxy groups -OCH3 is 1. The van der Waals surface area contributed by atoms with Crippen LogP contribution < -0.4 is 4.74 Å². The Bertz CT molecular complexity index is 754. The lowest BCUT2D eigenvalue weighted by Gasteiger charge is -2.36. The van der Waals surface area contributed by atoms with Crippen LogP contribution in [0, 0.1) is 0 Å². The fraction of sp³-hybridized carbons (Fsp3) is 0.556. The monoisotopic (exact) mass is 414 g/mol. The van der Waals surface area contributed by atoms with Crippen LogP contribution in [0.15, 0.2) is 29.2 Å². The van der Waals surface area contributed by atoms with E-state index in [2.05, 4.69) is 4.90 Å². The second-order valence-corrected chi connectivity index (χ2v) is 8.60. The summed E-state index contributed by atoms with van der Waals surface area (Å²) >= 11 is 0. The summed E-state index contributed by atoms with van der Waals surface area (Å²) in [6.07, 6.45) is 4.44. The third-order valence-corrected chi connectivity index (χ3v) is 6.87. The van der Waals surface area contributed by atoms with Gasteiger partial charge in [0.05, 0.1) is 12.0 Å². The van der Waals surface area contributed by atoms with E-state index in [9.17, 15) is 8.42 Å². The first-order chi connectivity index (χ1) is 13.3. The molecule has 1 aromatic carbocycles. The van der Waals surface area contributed by atoms with Crippen molar-refractivity contribution < 1.29 is 33.0 Å². The van der Waals surface area contributed by atoms with Gasteiger partial charge < -0.3 is 19.8 Å². The van der Waals surface area contributed by atoms with Crippen LogP contribution in [0.2, 0.25) is 0 Å². The molecule has 2 aliphatic heterocycles. The van der Waals surface area contributed by atoms with E-state index < -0.39 is 22.0 Å². The van der Waals surface area contributed by atoms with E-state index in [0.29, 0.717) is 29.8 Å². The van der Waals surface area contributed by atoms with Gasteiger partial charge in [0, 0.05) is 19.1 Å². The maximum Gasteiger partial charge on any atom is 0.414 e. The van der Waals surface area contributed by atoms with Gasteiger partial charge in [0.25, 0.3) is 0 Å². The summed E-state index contributed by atoms with van der Waals surface area (Å²) in [6, 6.07) is 7.21. The van der Waals surface area contributed by atoms with E-state index in [1.807, 2.05) is 0 Å². The molecule has 1 aromatic rings. The van der Waals surface area contributed by atoms with Gasteiger partial charge in [-0.1, -0.05) is 0 Å². The van der Waals surface area contributed by atoms with Gasteiger partial charge in [-0.25, -0.2) is 18.0 Å². The number of benzene rings is 1. The molecule has 0 amide bonds. The minimum absolute atomic E-state index is 0.355. The summed E-state index contributed by atoms with van der Waals surface area (Å²) in [4.78, 5) is 21.1. The molecule has 0 aliphatic carbocycles. The standard InChI is InChI=1S/C16H24N2O3S.C2H2O4/c1-21-15-4-6-16(7-5-15)22(19,20)18-12-8-14(9-13-18)17-10-2-3-11-17;3-1(4)2(5)6/h4-7,14H,2-3,8-13H2,1H3;(H,3,4)(H,5,6). The minimum atomic E-state index is -3.37. The lowest BCUT2D eigenvalue weighted by atomic mass is 10.1. The van der Waals surface area contributed by atoms with E-state index in [-0.39, 0.29) is 0 Å². The first-order valence-electron chi connectivity index (χ1n) is 9.10. The van der Waals surface area contributed by atoms with Gasteiger partial charge in [0.15, 0.2) is 0 Å². The smallest absolute Gasteiger partial charge is 0.414 e. The molecular weight excluding hydrogens is 388 g/mol. The van der Waals surface area contributed by atoms with Crippen molar-refractivity contribution in [3.8, 4) is 5.75 Å². The molecule has 2 N–H and O–H groups in total. The van der Waals surface area contributed by atoms with Gasteiger partial charge in [-0.05, 0) is 63.0 Å². The molecule has 0 unspecified atom stereocenters. The van der Waals surface area contributed by atoms with Gasteiger partial charge in [0.1, 0.15) is 5.75 Å². The third kappa shape index (κ3) is 5.66. The zero-order chi connectivity index (χ0) is 20.7. The quantitative estimate of drug-likeness (QED) is 0.702. The van der Waals surface area contributed by atoms with Crippen molar-refractivity contribution in [1.29, 1.82) is 0 Å². The topological polar surface area (TPSA) is 124 Å². The Labute approximate surface area is 164 Å². The molecular formula is C18H26N2O7S. The SMILES string of the molecule is COc1ccc(S(=O)(=O)N2CCC(N3CCCC3)CC2)cc1.O=C(O)C(=O)O. The Morgan fingerprint density at radius 3 is 1.89 bits per heavy atom. The summed E-state index contributed by atoms with van der Waals surface area (Å²) in [6.45, 7) is 3.59. The summed E-state index contributed by atoms with van der Waals surface area (Å²) in [5, 5.41) is 14.8. The Balaban J connectivity index is 0.000000409. The zero-order valence-corrected chi connectivity index (χ0v) is 16.6. The maximum atomic E-state index is 12.7. The number of rotatable bonds is 4. The van der Waals surface area contributed by atoms with Gasteiger partial charge in [-0.15, -0.1) is 0 Å². The van der Waals surface area contributed by atoms with Gasteiger partial charge in [-0.2, -0.15) is 4.31 Å². The fourth-order valence-corrected chi connectivity index (χ4v) is 4.92. The number of sulfonamides is 1. The van der Waals surface area contributed by atoms with Crippen LogP contribution in [0.4, 0.5) is 0 Å². The lowest BCUT2D eigenvalue weighted by molar-refractivity contribution is -0.159. The predicted octanol–water partition coefficient (Wildman–Crippen LogP) is 1.10. The summed E-state index contributed by atoms with van der Waals surface area (Å²) in [7, 11) is -1.80. The predicted molar refractivity (Wildman–Crippen MR) is 101 cm³/mol. The van der Waals surface area contributed by atoms with Crippen molar-refractivity contribution in [2.45, 2.75) is 36.6 Å².